The molecular formula is C21H23N5O3S. The molecule has 9 heteroatoms. The lowest BCUT2D eigenvalue weighted by Crippen LogP contribution is -2.14. The van der Waals surface area contributed by atoms with Crippen molar-refractivity contribution in [2.24, 2.45) is 0 Å². The van der Waals surface area contributed by atoms with Crippen molar-refractivity contribution >= 4 is 40.1 Å². The number of hydrogen-bond donors (Lipinski definition) is 1. The number of hydrogen-bond acceptors (Lipinski definition) is 7. The first kappa shape index (κ1) is 20.2. The Balaban J connectivity index is 1.56. The Morgan fingerprint density at radius 3 is 2.73 bits per heavy atom. The molecule has 3 heterocycles. The second-order valence-electron chi connectivity index (χ2n) is 8.05. The Hall–Kier alpha value is -3.07. The van der Waals surface area contributed by atoms with Crippen molar-refractivity contribution in [3.05, 3.63) is 41.6 Å². The molecule has 156 valence electrons. The third-order valence-corrected chi connectivity index (χ3v) is 5.68. The van der Waals surface area contributed by atoms with Gasteiger partial charge in [0.1, 0.15) is 5.75 Å². The van der Waals surface area contributed by atoms with E-state index in [9.17, 15) is 4.79 Å². The Bertz CT molecular complexity index is 1240. The first-order valence-corrected chi connectivity index (χ1v) is 10.5. The van der Waals surface area contributed by atoms with Gasteiger partial charge < -0.3 is 9.26 Å². The molecule has 0 saturated heterocycles. The lowest BCUT2D eigenvalue weighted by molar-refractivity contribution is -0.113. The normalized spacial score (nSPS) is 11.9. The topological polar surface area (TPSA) is 94.5 Å². The average molecular weight is 426 g/mol. The predicted molar refractivity (Wildman–Crippen MR) is 116 cm³/mol. The molecule has 0 spiro atoms. The molecule has 0 aliphatic rings. The Morgan fingerprint density at radius 1 is 1.23 bits per heavy atom. The molecule has 1 N–H and O–H groups in total. The van der Waals surface area contributed by atoms with Crippen molar-refractivity contribution in [2.45, 2.75) is 38.3 Å². The SMILES string of the molecule is COc1ccc2c(C)cc3nnc(SCC(=O)Nc4cc(C(C)(C)C)no4)n3c2c1. The summed E-state index contributed by atoms with van der Waals surface area (Å²) in [5, 5.41) is 17.0. The molecular weight excluding hydrogens is 402 g/mol. The highest BCUT2D eigenvalue weighted by atomic mass is 32.2. The third kappa shape index (κ3) is 3.85. The van der Waals surface area contributed by atoms with Gasteiger partial charge >= 0.3 is 0 Å². The molecule has 0 aliphatic heterocycles. The fraction of sp³-hybridized carbons (Fsp3) is 0.333. The van der Waals surface area contributed by atoms with Gasteiger partial charge in [-0.05, 0) is 30.7 Å². The number of carbonyl (C=O) groups excluding carboxylic acids is 1. The quantitative estimate of drug-likeness (QED) is 0.479. The maximum atomic E-state index is 12.4. The number of anilines is 1. The van der Waals surface area contributed by atoms with E-state index in [-0.39, 0.29) is 17.1 Å². The summed E-state index contributed by atoms with van der Waals surface area (Å²) in [6.07, 6.45) is 0. The van der Waals surface area contributed by atoms with Gasteiger partial charge in [0.15, 0.2) is 10.8 Å². The molecule has 0 saturated carbocycles. The molecule has 0 atom stereocenters. The number of nitrogens with one attached hydrogen (secondary N) is 1. The van der Waals surface area contributed by atoms with Gasteiger partial charge in [-0.1, -0.05) is 37.7 Å². The number of ether oxygens (including phenoxy) is 1. The lowest BCUT2D eigenvalue weighted by atomic mass is 9.92. The summed E-state index contributed by atoms with van der Waals surface area (Å²) >= 11 is 1.30. The van der Waals surface area contributed by atoms with Crippen LogP contribution in [0, 0.1) is 6.92 Å². The first-order chi connectivity index (χ1) is 14.3. The maximum absolute atomic E-state index is 12.4. The molecule has 0 unspecified atom stereocenters. The highest BCUT2D eigenvalue weighted by Crippen LogP contribution is 2.29. The average Bonchev–Trinajstić information content (AvgIpc) is 3.33. The minimum Gasteiger partial charge on any atom is -0.497 e. The maximum Gasteiger partial charge on any atom is 0.237 e. The van der Waals surface area contributed by atoms with Crippen molar-refractivity contribution in [3.8, 4) is 5.75 Å². The van der Waals surface area contributed by atoms with Crippen LogP contribution in [0.2, 0.25) is 0 Å². The summed E-state index contributed by atoms with van der Waals surface area (Å²) in [6, 6.07) is 9.62. The second kappa shape index (κ2) is 7.64. The molecule has 0 aliphatic carbocycles. The van der Waals surface area contributed by atoms with E-state index in [0.29, 0.717) is 11.0 Å². The number of thioether (sulfide) groups is 1. The standard InChI is InChI=1S/C21H23N5O3S/c1-12-8-17-23-24-20(26(17)15-9-13(28-5)6-7-14(12)15)30-11-18(27)22-19-10-16(25-29-19)21(2,3)4/h6-10H,11H2,1-5H3,(H,22,27). The van der Waals surface area contributed by atoms with Gasteiger partial charge in [0.2, 0.25) is 11.8 Å². The number of fused-ring (bicyclic) bond motifs is 3. The zero-order chi connectivity index (χ0) is 21.5. The van der Waals surface area contributed by atoms with Crippen LogP contribution in [0.25, 0.3) is 16.6 Å². The summed E-state index contributed by atoms with van der Waals surface area (Å²) < 4.78 is 12.5. The van der Waals surface area contributed by atoms with Crippen molar-refractivity contribution < 1.29 is 14.1 Å². The number of amides is 1. The van der Waals surface area contributed by atoms with Crippen LogP contribution in [0.5, 0.6) is 5.75 Å². The van der Waals surface area contributed by atoms with E-state index in [2.05, 4.69) is 20.7 Å². The molecule has 1 amide bonds. The van der Waals surface area contributed by atoms with Gasteiger partial charge in [-0.15, -0.1) is 10.2 Å². The summed E-state index contributed by atoms with van der Waals surface area (Å²) in [4.78, 5) is 12.4. The number of methoxy groups -OCH3 is 1. The zero-order valence-electron chi connectivity index (χ0n) is 17.5. The zero-order valence-corrected chi connectivity index (χ0v) is 18.3. The first-order valence-electron chi connectivity index (χ1n) is 9.48. The number of carbonyl (C=O) groups is 1. The largest absolute Gasteiger partial charge is 0.497 e. The van der Waals surface area contributed by atoms with E-state index >= 15 is 0 Å². The number of pyridine rings is 1. The van der Waals surface area contributed by atoms with E-state index in [1.54, 1.807) is 13.2 Å². The summed E-state index contributed by atoms with van der Waals surface area (Å²) in [5.74, 6) is 1.03. The number of aryl methyl sites for hydroxylation is 1. The summed E-state index contributed by atoms with van der Waals surface area (Å²) in [7, 11) is 1.63. The highest BCUT2D eigenvalue weighted by Gasteiger charge is 2.20. The van der Waals surface area contributed by atoms with Crippen LogP contribution in [-0.2, 0) is 10.2 Å². The Morgan fingerprint density at radius 2 is 2.03 bits per heavy atom. The summed E-state index contributed by atoms with van der Waals surface area (Å²) in [5.41, 5.74) is 3.39. The number of rotatable bonds is 5. The fourth-order valence-corrected chi connectivity index (χ4v) is 3.87. The molecule has 1 aromatic carbocycles. The van der Waals surface area contributed by atoms with Crippen LogP contribution < -0.4 is 10.1 Å². The number of nitrogens with zero attached hydrogens (tertiary/aromatic N) is 4. The second-order valence-corrected chi connectivity index (χ2v) is 8.99. The molecule has 0 bridgehead atoms. The third-order valence-electron chi connectivity index (χ3n) is 4.75. The molecule has 0 fully saturated rings. The van der Waals surface area contributed by atoms with Crippen LogP contribution in [-0.4, -0.2) is 38.5 Å². The minimum atomic E-state index is -0.206. The predicted octanol–water partition coefficient (Wildman–Crippen LogP) is 4.22. The Kier molecular flexibility index (Phi) is 5.15. The van der Waals surface area contributed by atoms with Crippen molar-refractivity contribution in [1.82, 2.24) is 19.8 Å². The van der Waals surface area contributed by atoms with Gasteiger partial charge in [0.25, 0.3) is 0 Å². The van der Waals surface area contributed by atoms with Crippen molar-refractivity contribution in [1.29, 1.82) is 0 Å². The van der Waals surface area contributed by atoms with Crippen LogP contribution in [0.3, 0.4) is 0 Å². The van der Waals surface area contributed by atoms with Crippen LogP contribution in [0.1, 0.15) is 32.0 Å². The van der Waals surface area contributed by atoms with E-state index in [0.717, 1.165) is 33.6 Å². The van der Waals surface area contributed by atoms with Gasteiger partial charge in [0, 0.05) is 22.9 Å². The van der Waals surface area contributed by atoms with Crippen LogP contribution >= 0.6 is 11.8 Å². The van der Waals surface area contributed by atoms with E-state index in [1.165, 1.54) is 11.8 Å². The van der Waals surface area contributed by atoms with Crippen LogP contribution in [0.15, 0.2) is 40.0 Å². The fourth-order valence-electron chi connectivity index (χ4n) is 3.11. The molecule has 0 radical (unpaired) electrons. The molecule has 4 aromatic rings. The number of benzene rings is 1. The van der Waals surface area contributed by atoms with E-state index in [1.807, 2.05) is 56.4 Å². The smallest absolute Gasteiger partial charge is 0.237 e. The minimum absolute atomic E-state index is 0.151. The molecule has 30 heavy (non-hydrogen) atoms. The van der Waals surface area contributed by atoms with E-state index < -0.39 is 0 Å². The van der Waals surface area contributed by atoms with Gasteiger partial charge in [-0.25, -0.2) is 0 Å². The Labute approximate surface area is 178 Å². The van der Waals surface area contributed by atoms with Crippen molar-refractivity contribution in [3.63, 3.8) is 0 Å². The van der Waals surface area contributed by atoms with Gasteiger partial charge in [-0.2, -0.15) is 0 Å². The summed E-state index contributed by atoms with van der Waals surface area (Å²) in [6.45, 7) is 8.13. The highest BCUT2D eigenvalue weighted by molar-refractivity contribution is 7.99. The number of aromatic nitrogens is 4. The van der Waals surface area contributed by atoms with Crippen LogP contribution in [0.4, 0.5) is 5.88 Å². The van der Waals surface area contributed by atoms with Gasteiger partial charge in [-0.3, -0.25) is 14.5 Å². The molecule has 8 nitrogen and oxygen atoms in total. The molecule has 3 aromatic heterocycles. The van der Waals surface area contributed by atoms with Gasteiger partial charge in [0.05, 0.1) is 24.1 Å². The lowest BCUT2D eigenvalue weighted by Gasteiger charge is -2.12. The van der Waals surface area contributed by atoms with Crippen molar-refractivity contribution in [2.75, 3.05) is 18.2 Å². The monoisotopic (exact) mass is 425 g/mol. The van der Waals surface area contributed by atoms with E-state index in [4.69, 9.17) is 9.26 Å². The molecule has 4 rings (SSSR count).